The molecule has 0 radical (unpaired) electrons. The minimum atomic E-state index is -0.823. The number of esters is 3. The van der Waals surface area contributed by atoms with E-state index in [0.717, 1.165) is 122 Å². The van der Waals surface area contributed by atoms with Crippen LogP contribution in [0.1, 0.15) is 252 Å². The molecule has 6 nitrogen and oxygen atoms in total. The molecule has 1 unspecified atom stereocenters. The molecule has 0 aliphatic heterocycles. The van der Waals surface area contributed by atoms with E-state index in [0.29, 0.717) is 19.3 Å². The molecule has 75 heavy (non-hydrogen) atoms. The lowest BCUT2D eigenvalue weighted by Crippen LogP contribution is -2.30. The quantitative estimate of drug-likeness (QED) is 0.0261. The SMILES string of the molecule is CC/C=C\C/C=C\C/C=C\C/C=C\C/C=C\C/C=C\CCCCCCCCC(=O)OCC(COC(=O)CC/C=C\C/C=C\C/C=C\C/C=C\CC)OC(=O)CCCCCCCCCCC/C=C\C/C=C\CCCCC. The maximum absolute atomic E-state index is 12.9. The molecule has 0 N–H and O–H groups in total. The summed E-state index contributed by atoms with van der Waals surface area (Å²) in [4.78, 5) is 38.2. The van der Waals surface area contributed by atoms with Crippen LogP contribution >= 0.6 is 0 Å². The van der Waals surface area contributed by atoms with Crippen LogP contribution in [0, 0.1) is 0 Å². The summed E-state index contributed by atoms with van der Waals surface area (Å²) in [6.45, 7) is 6.30. The Kier molecular flexibility index (Phi) is 58.0. The van der Waals surface area contributed by atoms with Crippen molar-refractivity contribution in [2.75, 3.05) is 13.2 Å². The van der Waals surface area contributed by atoms with Crippen LogP contribution in [0.2, 0.25) is 0 Å². The Labute approximate surface area is 461 Å². The Morgan fingerprint density at radius 3 is 0.893 bits per heavy atom. The van der Waals surface area contributed by atoms with Gasteiger partial charge in [0.1, 0.15) is 13.2 Å². The highest BCUT2D eigenvalue weighted by molar-refractivity contribution is 5.71. The molecule has 0 aliphatic carbocycles. The smallest absolute Gasteiger partial charge is 0.306 e. The monoisotopic (exact) mass is 1030 g/mol. The molecule has 0 aliphatic rings. The summed E-state index contributed by atoms with van der Waals surface area (Å²) in [6, 6.07) is 0. The first-order valence-corrected chi connectivity index (χ1v) is 30.3. The maximum Gasteiger partial charge on any atom is 0.306 e. The van der Waals surface area contributed by atoms with Crippen LogP contribution in [0.4, 0.5) is 0 Å². The van der Waals surface area contributed by atoms with Gasteiger partial charge in [-0.05, 0) is 128 Å². The van der Waals surface area contributed by atoms with Crippen molar-refractivity contribution >= 4 is 17.9 Å². The van der Waals surface area contributed by atoms with Gasteiger partial charge >= 0.3 is 17.9 Å². The zero-order chi connectivity index (χ0) is 54.3. The minimum absolute atomic E-state index is 0.115. The van der Waals surface area contributed by atoms with Gasteiger partial charge in [0.25, 0.3) is 0 Å². The standard InChI is InChI=1S/C69H110O6/c1-4-7-10-13-16-19-22-25-27-29-31-32-33-34-35-36-38-39-41-44-47-50-53-56-59-62-68(71)74-65-66(64-73-67(70)61-58-55-52-49-46-43-24-21-18-15-12-9-6-3)75-69(72)63-60-57-54-51-48-45-42-40-37-30-28-26-23-20-17-14-11-8-5-2/h7,9-10,12,16-21,25-28,31-32,34-35,38-39,43,46,52,55,66H,4-6,8,11,13-15,22-24,29-30,33,36-37,40-42,44-45,47-51,53-54,56-65H2,1-3H3/b10-7-,12-9-,19-16-,20-17-,21-18-,27-25-,28-26-,32-31-,35-34-,39-38-,46-43-,55-52-. The summed E-state index contributed by atoms with van der Waals surface area (Å²) < 4.78 is 16.8. The van der Waals surface area contributed by atoms with Crippen LogP contribution in [0.25, 0.3) is 0 Å². The average molecular weight is 1040 g/mol. The fourth-order valence-electron chi connectivity index (χ4n) is 7.84. The summed E-state index contributed by atoms with van der Waals surface area (Å²) >= 11 is 0. The maximum atomic E-state index is 12.9. The lowest BCUT2D eigenvalue weighted by atomic mass is 10.1. The zero-order valence-corrected chi connectivity index (χ0v) is 48.3. The van der Waals surface area contributed by atoms with E-state index in [9.17, 15) is 14.4 Å². The fraction of sp³-hybridized carbons (Fsp3) is 0.609. The van der Waals surface area contributed by atoms with Crippen molar-refractivity contribution in [3.05, 3.63) is 146 Å². The molecule has 0 aromatic heterocycles. The molecule has 6 heteroatoms. The number of ether oxygens (including phenoxy) is 3. The number of unbranched alkanes of at least 4 members (excludes halogenated alkanes) is 18. The largest absolute Gasteiger partial charge is 0.462 e. The van der Waals surface area contributed by atoms with Crippen LogP contribution in [-0.2, 0) is 28.6 Å². The van der Waals surface area contributed by atoms with E-state index in [2.05, 4.69) is 154 Å². The lowest BCUT2D eigenvalue weighted by Gasteiger charge is -2.18. The molecular weight excluding hydrogens is 925 g/mol. The number of rotatable bonds is 53. The highest BCUT2D eigenvalue weighted by Gasteiger charge is 2.19. The molecule has 0 bridgehead atoms. The predicted molar refractivity (Wildman–Crippen MR) is 325 cm³/mol. The average Bonchev–Trinajstić information content (AvgIpc) is 3.41. The van der Waals surface area contributed by atoms with Gasteiger partial charge in [0.15, 0.2) is 6.10 Å². The number of carbonyl (C=O) groups is 3. The van der Waals surface area contributed by atoms with Crippen LogP contribution in [0.3, 0.4) is 0 Å². The van der Waals surface area contributed by atoms with Gasteiger partial charge in [0.05, 0.1) is 0 Å². The van der Waals surface area contributed by atoms with Crippen LogP contribution < -0.4 is 0 Å². The van der Waals surface area contributed by atoms with Crippen molar-refractivity contribution in [2.24, 2.45) is 0 Å². The van der Waals surface area contributed by atoms with E-state index in [1.807, 2.05) is 12.2 Å². The molecule has 0 spiro atoms. The molecule has 0 heterocycles. The summed E-state index contributed by atoms with van der Waals surface area (Å²) in [6.07, 6.45) is 88.6. The van der Waals surface area contributed by atoms with Crippen molar-refractivity contribution in [3.8, 4) is 0 Å². The predicted octanol–water partition coefficient (Wildman–Crippen LogP) is 20.8. The Hall–Kier alpha value is -4.71. The van der Waals surface area contributed by atoms with Crippen LogP contribution in [0.5, 0.6) is 0 Å². The topological polar surface area (TPSA) is 78.9 Å². The van der Waals surface area contributed by atoms with Crippen molar-refractivity contribution in [2.45, 2.75) is 258 Å². The molecule has 0 amide bonds. The normalized spacial score (nSPS) is 13.2. The van der Waals surface area contributed by atoms with Crippen LogP contribution in [0.15, 0.2) is 146 Å². The third kappa shape index (κ3) is 60.0. The third-order valence-corrected chi connectivity index (χ3v) is 12.3. The van der Waals surface area contributed by atoms with E-state index in [-0.39, 0.29) is 37.5 Å². The number of carbonyl (C=O) groups excluding carboxylic acids is 3. The zero-order valence-electron chi connectivity index (χ0n) is 48.3. The second-order valence-corrected chi connectivity index (χ2v) is 19.5. The fourth-order valence-corrected chi connectivity index (χ4v) is 7.84. The molecule has 0 saturated heterocycles. The second kappa shape index (κ2) is 61.8. The van der Waals surface area contributed by atoms with Gasteiger partial charge in [-0.25, -0.2) is 0 Å². The summed E-state index contributed by atoms with van der Waals surface area (Å²) in [5, 5.41) is 0. The van der Waals surface area contributed by atoms with Gasteiger partial charge in [-0.1, -0.05) is 250 Å². The molecule has 422 valence electrons. The Morgan fingerprint density at radius 2 is 0.547 bits per heavy atom. The lowest BCUT2D eigenvalue weighted by molar-refractivity contribution is -0.166. The first kappa shape index (κ1) is 70.3. The summed E-state index contributed by atoms with van der Waals surface area (Å²) in [7, 11) is 0. The first-order valence-electron chi connectivity index (χ1n) is 30.3. The van der Waals surface area contributed by atoms with Gasteiger partial charge in [-0.3, -0.25) is 14.4 Å². The van der Waals surface area contributed by atoms with Gasteiger partial charge in [0.2, 0.25) is 0 Å². The van der Waals surface area contributed by atoms with Gasteiger partial charge in [0, 0.05) is 19.3 Å². The van der Waals surface area contributed by atoms with Gasteiger partial charge in [-0.2, -0.15) is 0 Å². The molecule has 0 aromatic rings. The van der Waals surface area contributed by atoms with Crippen LogP contribution in [-0.4, -0.2) is 37.2 Å². The third-order valence-electron chi connectivity index (χ3n) is 12.3. The minimum Gasteiger partial charge on any atom is -0.462 e. The molecule has 1 atom stereocenters. The number of hydrogen-bond acceptors (Lipinski definition) is 6. The molecule has 0 rings (SSSR count). The Bertz CT molecular complexity index is 1660. The number of allylic oxidation sites excluding steroid dienone is 24. The van der Waals surface area contributed by atoms with Gasteiger partial charge in [-0.15, -0.1) is 0 Å². The first-order chi connectivity index (χ1) is 37.0. The molecular formula is C69H110O6. The highest BCUT2D eigenvalue weighted by atomic mass is 16.6. The van der Waals surface area contributed by atoms with Crippen molar-refractivity contribution in [1.82, 2.24) is 0 Å². The molecule has 0 saturated carbocycles. The van der Waals surface area contributed by atoms with E-state index < -0.39 is 6.10 Å². The van der Waals surface area contributed by atoms with E-state index in [4.69, 9.17) is 14.2 Å². The van der Waals surface area contributed by atoms with Crippen molar-refractivity contribution < 1.29 is 28.6 Å². The summed E-state index contributed by atoms with van der Waals surface area (Å²) in [5.74, 6) is -1.02. The van der Waals surface area contributed by atoms with Gasteiger partial charge < -0.3 is 14.2 Å². The molecule has 0 aromatic carbocycles. The van der Waals surface area contributed by atoms with Crippen molar-refractivity contribution in [3.63, 3.8) is 0 Å². The van der Waals surface area contributed by atoms with Crippen molar-refractivity contribution in [1.29, 1.82) is 0 Å². The van der Waals surface area contributed by atoms with E-state index in [1.54, 1.807) is 0 Å². The Morgan fingerprint density at radius 1 is 0.280 bits per heavy atom. The summed E-state index contributed by atoms with van der Waals surface area (Å²) in [5.41, 5.74) is 0. The second-order valence-electron chi connectivity index (χ2n) is 19.5. The highest BCUT2D eigenvalue weighted by Crippen LogP contribution is 2.14. The van der Waals surface area contributed by atoms with E-state index in [1.165, 1.54) is 83.5 Å². The number of hydrogen-bond donors (Lipinski definition) is 0. The Balaban J connectivity index is 4.45. The van der Waals surface area contributed by atoms with E-state index >= 15 is 0 Å². The molecule has 0 fully saturated rings.